The van der Waals surface area contributed by atoms with Crippen LogP contribution >= 0.6 is 0 Å². The molecule has 2 aromatic carbocycles. The number of imidazole rings is 1. The van der Waals surface area contributed by atoms with Crippen molar-refractivity contribution in [3.63, 3.8) is 0 Å². The number of nitrogens with zero attached hydrogens (tertiary/aromatic N) is 4. The molecular weight excluding hydrogens is 483 g/mol. The Hall–Kier alpha value is -2.16. The molecule has 0 spiro atoms. The van der Waals surface area contributed by atoms with Crippen LogP contribution in [0, 0.1) is 10.1 Å². The number of likely N-dealkylation sites (N-methyl/N-ethyl adjacent to an activating group) is 1. The van der Waals surface area contributed by atoms with Crippen LogP contribution in [0.5, 0.6) is 0 Å². The van der Waals surface area contributed by atoms with Gasteiger partial charge in [-0.05, 0) is 44.0 Å². The second-order valence-electron chi connectivity index (χ2n) is 7.59. The molecule has 3 aromatic rings. The summed E-state index contributed by atoms with van der Waals surface area (Å²) in [4.78, 5) is 28.7. The average Bonchev–Trinajstić information content (AvgIpc) is 3.09. The molecule has 3 rings (SSSR count). The quantitative estimate of drug-likeness (QED) is 0.201. The molecule has 8 nitrogen and oxygen atoms in total. The number of hydrogen-bond donors (Lipinski definition) is 0. The normalized spacial score (nSPS) is 10.9. The predicted molar refractivity (Wildman–Crippen MR) is 121 cm³/mol. The number of rotatable bonds is 12. The van der Waals surface area contributed by atoms with E-state index in [0.29, 0.717) is 18.4 Å². The Balaban J connectivity index is 0.00000363. The summed E-state index contributed by atoms with van der Waals surface area (Å²) in [5.74, 6) is 0.380. The molecule has 0 aliphatic rings. The van der Waals surface area contributed by atoms with Crippen LogP contribution in [0.15, 0.2) is 48.5 Å². The molecule has 167 valence electrons. The Morgan fingerprint density at radius 3 is 2.56 bits per heavy atom. The zero-order valence-electron chi connectivity index (χ0n) is 18.4. The third-order valence-corrected chi connectivity index (χ3v) is 5.44. The van der Waals surface area contributed by atoms with Crippen LogP contribution in [0.25, 0.3) is 16.8 Å². The number of carbonyl (C=O) groups excluding carboxylic acids is 1. The van der Waals surface area contributed by atoms with Gasteiger partial charge in [0.25, 0.3) is 5.69 Å². The van der Waals surface area contributed by atoms with Gasteiger partial charge in [0, 0.05) is 70.3 Å². The van der Waals surface area contributed by atoms with Crippen LogP contribution < -0.4 is 0 Å². The summed E-state index contributed by atoms with van der Waals surface area (Å²) in [5, 5.41) is 11.2. The average molecular weight is 511 g/mol. The Morgan fingerprint density at radius 2 is 1.91 bits per heavy atom. The molecule has 1 amide bonds. The second kappa shape index (κ2) is 12.8. The fraction of sp³-hybridized carbons (Fsp3) is 0.391. The Morgan fingerprint density at radius 1 is 1.16 bits per heavy atom. The van der Waals surface area contributed by atoms with Crippen molar-refractivity contribution in [1.82, 2.24) is 14.5 Å². The summed E-state index contributed by atoms with van der Waals surface area (Å²) in [5.41, 5.74) is 9.73. The van der Waals surface area contributed by atoms with E-state index in [2.05, 4.69) is 28.5 Å². The number of carbonyl (C=O) groups is 1. The van der Waals surface area contributed by atoms with Crippen LogP contribution in [0.1, 0.15) is 37.6 Å². The van der Waals surface area contributed by atoms with E-state index in [1.807, 2.05) is 18.2 Å². The monoisotopic (exact) mass is 511 g/mol. The number of nitrogens with one attached hydrogen (secondary N) is 1. The van der Waals surface area contributed by atoms with E-state index in [1.54, 1.807) is 6.07 Å². The van der Waals surface area contributed by atoms with Crippen molar-refractivity contribution < 1.29 is 42.4 Å². The van der Waals surface area contributed by atoms with Gasteiger partial charge in [0.05, 0.1) is 16.0 Å². The van der Waals surface area contributed by atoms with Gasteiger partial charge in [0.1, 0.15) is 5.82 Å². The number of nitro benzene ring substituents is 1. The first-order chi connectivity index (χ1) is 15.0. The molecular formula is C23H28N5O3Y-. The van der Waals surface area contributed by atoms with Crippen molar-refractivity contribution in [1.29, 1.82) is 0 Å². The third-order valence-electron chi connectivity index (χ3n) is 5.44. The van der Waals surface area contributed by atoms with Crippen LogP contribution in [0.2, 0.25) is 0 Å². The van der Waals surface area contributed by atoms with E-state index in [0.717, 1.165) is 55.9 Å². The van der Waals surface area contributed by atoms with E-state index in [-0.39, 0.29) is 38.4 Å². The minimum atomic E-state index is -0.507. The Bertz CT molecular complexity index is 1040. The minimum absolute atomic E-state index is 0. The molecule has 1 aromatic heterocycles. The maximum Gasteiger partial charge on any atom is 0.271 e. The van der Waals surface area contributed by atoms with Crippen molar-refractivity contribution in [2.75, 3.05) is 19.6 Å². The topological polar surface area (TPSA) is 105 Å². The first-order valence-corrected chi connectivity index (χ1v) is 10.6. The van der Waals surface area contributed by atoms with Crippen LogP contribution in [-0.2, 0) is 50.5 Å². The first kappa shape index (κ1) is 26.1. The minimum Gasteiger partial charge on any atom is -0.668 e. The largest absolute Gasteiger partial charge is 0.668 e. The predicted octanol–water partition coefficient (Wildman–Crippen LogP) is 4.60. The molecule has 0 unspecified atom stereocenters. The Labute approximate surface area is 213 Å². The van der Waals surface area contributed by atoms with Crippen molar-refractivity contribution >= 4 is 22.6 Å². The second-order valence-corrected chi connectivity index (χ2v) is 7.59. The van der Waals surface area contributed by atoms with Gasteiger partial charge in [-0.2, -0.15) is 0 Å². The molecule has 0 fully saturated rings. The summed E-state index contributed by atoms with van der Waals surface area (Å²) in [6.45, 7) is 5.41. The fourth-order valence-corrected chi connectivity index (χ4v) is 3.73. The van der Waals surface area contributed by atoms with Crippen LogP contribution in [0.3, 0.4) is 0 Å². The molecule has 0 saturated carbocycles. The van der Waals surface area contributed by atoms with E-state index < -0.39 is 10.8 Å². The van der Waals surface area contributed by atoms with Gasteiger partial charge in [0.15, 0.2) is 0 Å². The summed E-state index contributed by atoms with van der Waals surface area (Å²) >= 11 is 0. The fourth-order valence-electron chi connectivity index (χ4n) is 3.73. The molecule has 1 N–H and O–H groups in total. The van der Waals surface area contributed by atoms with Gasteiger partial charge in [-0.3, -0.25) is 10.1 Å². The molecule has 1 radical (unpaired) electrons. The van der Waals surface area contributed by atoms with Crippen molar-refractivity contribution in [3.05, 3.63) is 75.8 Å². The SMILES string of the molecule is CCN(CCCCC([NH-])=O)CCn1c(Cc2ccccc2)nc2cc([N+](=O)[O-])ccc21.[Y]. The van der Waals surface area contributed by atoms with Crippen molar-refractivity contribution in [2.45, 2.75) is 39.2 Å². The maximum atomic E-state index is 11.2. The molecule has 0 aliphatic heterocycles. The summed E-state index contributed by atoms with van der Waals surface area (Å²) in [6.07, 6.45) is 2.58. The molecule has 1 heterocycles. The summed E-state index contributed by atoms with van der Waals surface area (Å²) in [6, 6.07) is 14.9. The van der Waals surface area contributed by atoms with E-state index >= 15 is 0 Å². The number of amides is 1. The molecule has 0 aliphatic carbocycles. The van der Waals surface area contributed by atoms with E-state index in [1.165, 1.54) is 12.1 Å². The number of benzene rings is 2. The van der Waals surface area contributed by atoms with Crippen LogP contribution in [-0.4, -0.2) is 44.9 Å². The smallest absolute Gasteiger partial charge is 0.271 e. The molecule has 32 heavy (non-hydrogen) atoms. The van der Waals surface area contributed by atoms with E-state index in [9.17, 15) is 14.9 Å². The van der Waals surface area contributed by atoms with Gasteiger partial charge in [-0.15, -0.1) is 0 Å². The first-order valence-electron chi connectivity index (χ1n) is 10.6. The van der Waals surface area contributed by atoms with Gasteiger partial charge >= 0.3 is 0 Å². The van der Waals surface area contributed by atoms with Crippen LogP contribution in [0.4, 0.5) is 5.69 Å². The van der Waals surface area contributed by atoms with Crippen molar-refractivity contribution in [2.24, 2.45) is 0 Å². The zero-order valence-corrected chi connectivity index (χ0v) is 21.2. The number of nitro groups is 1. The van der Waals surface area contributed by atoms with Gasteiger partial charge < -0.3 is 20.0 Å². The number of non-ortho nitro benzene ring substituents is 1. The number of hydrogen-bond acceptors (Lipinski definition) is 5. The maximum absolute atomic E-state index is 11.2. The summed E-state index contributed by atoms with van der Waals surface area (Å²) < 4.78 is 2.15. The van der Waals surface area contributed by atoms with E-state index in [4.69, 9.17) is 10.7 Å². The molecule has 0 bridgehead atoms. The number of unbranched alkanes of at least 4 members (excludes halogenated alkanes) is 1. The van der Waals surface area contributed by atoms with Crippen molar-refractivity contribution in [3.8, 4) is 0 Å². The molecule has 0 saturated heterocycles. The number of fused-ring (bicyclic) bond motifs is 1. The third kappa shape index (κ3) is 7.19. The van der Waals surface area contributed by atoms with Gasteiger partial charge in [-0.25, -0.2) is 4.98 Å². The van der Waals surface area contributed by atoms with Gasteiger partial charge in [0.2, 0.25) is 0 Å². The standard InChI is InChI=1S/C23H29N5O3.Y/c1-2-26(13-7-6-10-22(24)29)14-15-27-21-12-11-19(28(30)31)17-20(21)25-23(27)16-18-8-4-3-5-9-18;/h3-5,8-9,11-12,17H,2,6-7,10,13-16H2,1H3,(H2,24,29);/p-1. The zero-order chi connectivity index (χ0) is 22.2. The Kier molecular flexibility index (Phi) is 10.4. The molecule has 9 heteroatoms. The number of aromatic nitrogens is 2. The molecule has 0 atom stereocenters. The van der Waals surface area contributed by atoms with Gasteiger partial charge in [-0.1, -0.05) is 37.3 Å². The summed E-state index contributed by atoms with van der Waals surface area (Å²) in [7, 11) is 0.